The molecule has 2 aromatic carbocycles. The van der Waals surface area contributed by atoms with Gasteiger partial charge in [0.05, 0.1) is 11.2 Å². The van der Waals surface area contributed by atoms with Crippen molar-refractivity contribution in [1.29, 1.82) is 0 Å². The van der Waals surface area contributed by atoms with Crippen molar-refractivity contribution in [3.63, 3.8) is 0 Å². The number of carbonyl (C=O) groups is 1. The van der Waals surface area contributed by atoms with E-state index in [1.807, 2.05) is 47.4 Å². The average Bonchev–Trinajstić information content (AvgIpc) is 3.17. The first-order chi connectivity index (χ1) is 12.3. The van der Waals surface area contributed by atoms with Gasteiger partial charge in [0, 0.05) is 24.5 Å². The number of likely N-dealkylation sites (N-methyl/N-ethyl adjacent to an activating group) is 1. The third-order valence-electron chi connectivity index (χ3n) is 4.70. The average molecular weight is 332 g/mol. The highest BCUT2D eigenvalue weighted by molar-refractivity contribution is 5.93. The maximum Gasteiger partial charge on any atom is 0.242 e. The van der Waals surface area contributed by atoms with E-state index in [0.717, 1.165) is 41.5 Å². The van der Waals surface area contributed by atoms with Crippen LogP contribution < -0.4 is 10.2 Å². The van der Waals surface area contributed by atoms with Gasteiger partial charge in [-0.2, -0.15) is 0 Å². The minimum Gasteiger partial charge on any atom is -0.357 e. The number of rotatable bonds is 3. The lowest BCUT2D eigenvalue weighted by atomic mass is 10.1. The largest absolute Gasteiger partial charge is 0.357 e. The first-order valence-electron chi connectivity index (χ1n) is 8.58. The van der Waals surface area contributed by atoms with Crippen LogP contribution >= 0.6 is 0 Å². The van der Waals surface area contributed by atoms with Gasteiger partial charge in [0.1, 0.15) is 6.04 Å². The van der Waals surface area contributed by atoms with E-state index in [-0.39, 0.29) is 11.9 Å². The molecule has 0 aliphatic carbocycles. The summed E-state index contributed by atoms with van der Waals surface area (Å²) in [6, 6.07) is 17.9. The summed E-state index contributed by atoms with van der Waals surface area (Å²) in [5, 5.41) is 3.78. The van der Waals surface area contributed by atoms with Crippen LogP contribution in [0.15, 0.2) is 54.6 Å². The molecule has 0 saturated carbocycles. The summed E-state index contributed by atoms with van der Waals surface area (Å²) < 4.78 is 0. The van der Waals surface area contributed by atoms with Gasteiger partial charge in [-0.25, -0.2) is 9.97 Å². The van der Waals surface area contributed by atoms with Crippen molar-refractivity contribution in [2.75, 3.05) is 18.5 Å². The van der Waals surface area contributed by atoms with Gasteiger partial charge >= 0.3 is 0 Å². The minimum absolute atomic E-state index is 0.0236. The standard InChI is InChI=1S/C20H20N4O/c1-21-19(25)17-12-7-13-24(17)20-22-16-11-6-5-10-15(16)18(23-20)14-8-3-2-4-9-14/h2-6,8-11,17H,7,12-13H2,1H3,(H,21,25)/t17-/m0/s1. The molecule has 1 aromatic heterocycles. The van der Waals surface area contributed by atoms with E-state index in [1.54, 1.807) is 7.05 Å². The van der Waals surface area contributed by atoms with Crippen molar-refractivity contribution in [1.82, 2.24) is 15.3 Å². The highest BCUT2D eigenvalue weighted by Gasteiger charge is 2.32. The number of amides is 1. The van der Waals surface area contributed by atoms with Crippen LogP contribution in [0.5, 0.6) is 0 Å². The Labute approximate surface area is 146 Å². The van der Waals surface area contributed by atoms with Crippen molar-refractivity contribution in [2.45, 2.75) is 18.9 Å². The quantitative estimate of drug-likeness (QED) is 0.801. The Hall–Kier alpha value is -2.95. The molecule has 2 heterocycles. The molecule has 1 N–H and O–H groups in total. The van der Waals surface area contributed by atoms with Gasteiger partial charge in [-0.1, -0.05) is 48.5 Å². The molecule has 0 bridgehead atoms. The summed E-state index contributed by atoms with van der Waals surface area (Å²) in [5.74, 6) is 0.652. The molecule has 4 rings (SSSR count). The number of benzene rings is 2. The summed E-state index contributed by atoms with van der Waals surface area (Å²) in [5.41, 5.74) is 2.86. The number of hydrogen-bond donors (Lipinski definition) is 1. The van der Waals surface area contributed by atoms with Crippen molar-refractivity contribution < 1.29 is 4.79 Å². The molecule has 5 heteroatoms. The first-order valence-corrected chi connectivity index (χ1v) is 8.58. The molecule has 3 aromatic rings. The van der Waals surface area contributed by atoms with Crippen LogP contribution in [0.1, 0.15) is 12.8 Å². The fourth-order valence-electron chi connectivity index (χ4n) is 3.45. The molecule has 5 nitrogen and oxygen atoms in total. The molecule has 0 radical (unpaired) electrons. The molecule has 1 fully saturated rings. The zero-order chi connectivity index (χ0) is 17.2. The molecule has 25 heavy (non-hydrogen) atoms. The van der Waals surface area contributed by atoms with Crippen LogP contribution in [0.25, 0.3) is 22.2 Å². The van der Waals surface area contributed by atoms with E-state index in [2.05, 4.69) is 17.4 Å². The number of para-hydroxylation sites is 1. The molecule has 0 unspecified atom stereocenters. The molecule has 1 saturated heterocycles. The summed E-state index contributed by atoms with van der Waals surface area (Å²) >= 11 is 0. The topological polar surface area (TPSA) is 58.1 Å². The van der Waals surface area contributed by atoms with E-state index >= 15 is 0 Å². The zero-order valence-electron chi connectivity index (χ0n) is 14.1. The number of hydrogen-bond acceptors (Lipinski definition) is 4. The zero-order valence-corrected chi connectivity index (χ0v) is 14.1. The second kappa shape index (κ2) is 6.51. The van der Waals surface area contributed by atoms with Crippen molar-refractivity contribution >= 4 is 22.8 Å². The Bertz CT molecular complexity index is 910. The van der Waals surface area contributed by atoms with Crippen LogP contribution in [0, 0.1) is 0 Å². The van der Waals surface area contributed by atoms with Gasteiger partial charge in [-0.15, -0.1) is 0 Å². The number of nitrogens with zero attached hydrogens (tertiary/aromatic N) is 3. The smallest absolute Gasteiger partial charge is 0.242 e. The monoisotopic (exact) mass is 332 g/mol. The van der Waals surface area contributed by atoms with E-state index in [1.165, 1.54) is 0 Å². The SMILES string of the molecule is CNC(=O)[C@@H]1CCCN1c1nc(-c2ccccc2)c2ccccc2n1. The molecule has 0 spiro atoms. The Morgan fingerprint density at radius 3 is 2.64 bits per heavy atom. The number of anilines is 1. The van der Waals surface area contributed by atoms with Crippen LogP contribution in [-0.4, -0.2) is 35.5 Å². The van der Waals surface area contributed by atoms with Gasteiger partial charge in [0.25, 0.3) is 0 Å². The maximum absolute atomic E-state index is 12.2. The maximum atomic E-state index is 12.2. The molecule has 1 aliphatic heterocycles. The van der Waals surface area contributed by atoms with Crippen molar-refractivity contribution in [3.8, 4) is 11.3 Å². The molecular weight excluding hydrogens is 312 g/mol. The summed E-state index contributed by atoms with van der Waals surface area (Å²) in [6.07, 6.45) is 1.80. The second-order valence-corrected chi connectivity index (χ2v) is 6.22. The van der Waals surface area contributed by atoms with Gasteiger partial charge in [0.2, 0.25) is 11.9 Å². The van der Waals surface area contributed by atoms with Gasteiger partial charge in [-0.3, -0.25) is 4.79 Å². The fourth-order valence-corrected chi connectivity index (χ4v) is 3.45. The normalized spacial score (nSPS) is 17.0. The van der Waals surface area contributed by atoms with E-state index < -0.39 is 0 Å². The number of aromatic nitrogens is 2. The van der Waals surface area contributed by atoms with E-state index in [9.17, 15) is 4.79 Å². The van der Waals surface area contributed by atoms with Crippen molar-refractivity contribution in [2.24, 2.45) is 0 Å². The molecule has 1 atom stereocenters. The number of carbonyl (C=O) groups excluding carboxylic acids is 1. The van der Waals surface area contributed by atoms with Crippen LogP contribution in [0.2, 0.25) is 0 Å². The highest BCUT2D eigenvalue weighted by Crippen LogP contribution is 2.30. The Balaban J connectivity index is 1.87. The summed E-state index contributed by atoms with van der Waals surface area (Å²) in [4.78, 5) is 23.8. The third kappa shape index (κ3) is 2.82. The highest BCUT2D eigenvalue weighted by atomic mass is 16.2. The predicted octanol–water partition coefficient (Wildman–Crippen LogP) is 3.01. The lowest BCUT2D eigenvalue weighted by molar-refractivity contribution is -0.121. The molecule has 1 aliphatic rings. The van der Waals surface area contributed by atoms with Crippen molar-refractivity contribution in [3.05, 3.63) is 54.6 Å². The number of fused-ring (bicyclic) bond motifs is 1. The summed E-state index contributed by atoms with van der Waals surface area (Å²) in [7, 11) is 1.68. The molecule has 1 amide bonds. The molecule has 126 valence electrons. The Morgan fingerprint density at radius 1 is 1.08 bits per heavy atom. The van der Waals surface area contributed by atoms with Crippen LogP contribution in [-0.2, 0) is 4.79 Å². The van der Waals surface area contributed by atoms with Gasteiger partial charge in [-0.05, 0) is 18.9 Å². The molecular formula is C20H20N4O. The first kappa shape index (κ1) is 15.6. The lowest BCUT2D eigenvalue weighted by Crippen LogP contribution is -2.42. The van der Waals surface area contributed by atoms with E-state index in [4.69, 9.17) is 9.97 Å². The predicted molar refractivity (Wildman–Crippen MR) is 99.4 cm³/mol. The van der Waals surface area contributed by atoms with Crippen LogP contribution in [0.4, 0.5) is 5.95 Å². The second-order valence-electron chi connectivity index (χ2n) is 6.22. The lowest BCUT2D eigenvalue weighted by Gasteiger charge is -2.24. The van der Waals surface area contributed by atoms with Gasteiger partial charge < -0.3 is 10.2 Å². The Kier molecular flexibility index (Phi) is 4.06. The number of nitrogens with one attached hydrogen (secondary N) is 1. The minimum atomic E-state index is -0.199. The Morgan fingerprint density at radius 2 is 1.84 bits per heavy atom. The van der Waals surface area contributed by atoms with Gasteiger partial charge in [0.15, 0.2) is 0 Å². The fraction of sp³-hybridized carbons (Fsp3) is 0.250. The van der Waals surface area contributed by atoms with E-state index in [0.29, 0.717) is 5.95 Å². The third-order valence-corrected chi connectivity index (χ3v) is 4.70. The summed E-state index contributed by atoms with van der Waals surface area (Å²) in [6.45, 7) is 0.796. The van der Waals surface area contributed by atoms with Crippen LogP contribution in [0.3, 0.4) is 0 Å².